The molecule has 2 aliphatic rings. The maximum atomic E-state index is 5.31. The lowest BCUT2D eigenvalue weighted by atomic mass is 9.70. The highest BCUT2D eigenvalue weighted by molar-refractivity contribution is 6.07. The van der Waals surface area contributed by atoms with Gasteiger partial charge in [0, 0.05) is 22.7 Å². The lowest BCUT2D eigenvalue weighted by Gasteiger charge is -2.30. The molecule has 9 aromatic rings. The van der Waals surface area contributed by atoms with Crippen molar-refractivity contribution in [1.82, 2.24) is 9.97 Å². The standard InChI is InChI=1S/C49H30N2/c1-2-14-32(15-3-1)44-29-34(30-45(51-44)39-22-10-16-33-17-12-28-50-48(33)39)36-21-11-25-42-47(36)38-20-7-9-24-41(38)49(42)40-23-8-6-19-37(40)46-35-18-5-4-13-31(35)26-27-43(46)49/h1-30H. The third-order valence-electron chi connectivity index (χ3n) is 11.1. The molecular weight excluding hydrogens is 617 g/mol. The van der Waals surface area contributed by atoms with Gasteiger partial charge in [-0.2, -0.15) is 0 Å². The Kier molecular flexibility index (Phi) is 5.91. The summed E-state index contributed by atoms with van der Waals surface area (Å²) in [6, 6.07) is 64.1. The second-order valence-electron chi connectivity index (χ2n) is 13.7. The third-order valence-corrected chi connectivity index (χ3v) is 11.1. The highest BCUT2D eigenvalue weighted by Gasteiger charge is 2.52. The lowest BCUT2D eigenvalue weighted by Crippen LogP contribution is -2.25. The van der Waals surface area contributed by atoms with E-state index in [2.05, 4.69) is 170 Å². The van der Waals surface area contributed by atoms with Crippen molar-refractivity contribution in [2.45, 2.75) is 5.41 Å². The largest absolute Gasteiger partial charge is 0.256 e. The number of rotatable bonds is 3. The number of nitrogens with zero attached hydrogens (tertiary/aromatic N) is 2. The zero-order valence-corrected chi connectivity index (χ0v) is 27.7. The molecule has 0 N–H and O–H groups in total. The first-order valence-electron chi connectivity index (χ1n) is 17.6. The average Bonchev–Trinajstić information content (AvgIpc) is 3.68. The molecule has 1 unspecified atom stereocenters. The van der Waals surface area contributed by atoms with Gasteiger partial charge in [0.2, 0.25) is 0 Å². The van der Waals surface area contributed by atoms with E-state index in [1.807, 2.05) is 12.3 Å². The van der Waals surface area contributed by atoms with Crippen molar-refractivity contribution >= 4 is 21.7 Å². The Morgan fingerprint density at radius 1 is 0.373 bits per heavy atom. The van der Waals surface area contributed by atoms with Crippen LogP contribution in [0.1, 0.15) is 22.3 Å². The van der Waals surface area contributed by atoms with E-state index >= 15 is 0 Å². The van der Waals surface area contributed by atoms with Crippen molar-refractivity contribution in [3.63, 3.8) is 0 Å². The molecule has 236 valence electrons. The second-order valence-corrected chi connectivity index (χ2v) is 13.7. The van der Waals surface area contributed by atoms with Gasteiger partial charge in [0.1, 0.15) is 0 Å². The molecule has 2 aliphatic carbocycles. The Bertz CT molecular complexity index is 2860. The zero-order valence-electron chi connectivity index (χ0n) is 27.7. The van der Waals surface area contributed by atoms with Crippen molar-refractivity contribution in [1.29, 1.82) is 0 Å². The molecule has 1 atom stereocenters. The van der Waals surface area contributed by atoms with Crippen molar-refractivity contribution < 1.29 is 0 Å². The monoisotopic (exact) mass is 646 g/mol. The summed E-state index contributed by atoms with van der Waals surface area (Å²) in [7, 11) is 0. The summed E-state index contributed by atoms with van der Waals surface area (Å²) in [6.07, 6.45) is 1.87. The van der Waals surface area contributed by atoms with Crippen molar-refractivity contribution in [2.75, 3.05) is 0 Å². The number of para-hydroxylation sites is 1. The van der Waals surface area contributed by atoms with Crippen LogP contribution in [0.4, 0.5) is 0 Å². The highest BCUT2D eigenvalue weighted by Crippen LogP contribution is 2.64. The van der Waals surface area contributed by atoms with Crippen LogP contribution >= 0.6 is 0 Å². The van der Waals surface area contributed by atoms with Crippen LogP contribution in [0.2, 0.25) is 0 Å². The molecule has 0 fully saturated rings. The van der Waals surface area contributed by atoms with E-state index in [-0.39, 0.29) is 0 Å². The SMILES string of the molecule is c1ccc(-c2cc(-c3cccc4c3-c3ccccc3C43c4ccccc4-c4c3ccc3ccccc43)cc(-c3cccc4cccnc34)n2)cc1. The predicted molar refractivity (Wildman–Crippen MR) is 210 cm³/mol. The Morgan fingerprint density at radius 3 is 1.84 bits per heavy atom. The van der Waals surface area contributed by atoms with Gasteiger partial charge >= 0.3 is 0 Å². The minimum atomic E-state index is -0.435. The van der Waals surface area contributed by atoms with Gasteiger partial charge in [0.25, 0.3) is 0 Å². The van der Waals surface area contributed by atoms with Crippen LogP contribution in [-0.4, -0.2) is 9.97 Å². The van der Waals surface area contributed by atoms with E-state index in [0.29, 0.717) is 0 Å². The molecule has 51 heavy (non-hydrogen) atoms. The predicted octanol–water partition coefficient (Wildman–Crippen LogP) is 12.1. The highest BCUT2D eigenvalue weighted by atomic mass is 14.7. The summed E-state index contributed by atoms with van der Waals surface area (Å²) in [5.74, 6) is 0. The molecule has 0 bridgehead atoms. The van der Waals surface area contributed by atoms with Crippen molar-refractivity contribution in [3.05, 3.63) is 204 Å². The number of pyridine rings is 2. The molecule has 0 saturated carbocycles. The minimum Gasteiger partial charge on any atom is -0.256 e. The molecular formula is C49H30N2. The van der Waals surface area contributed by atoms with Crippen molar-refractivity contribution in [2.24, 2.45) is 0 Å². The molecule has 2 heteroatoms. The smallest absolute Gasteiger partial charge is 0.0795 e. The Labute approximate surface area is 296 Å². The van der Waals surface area contributed by atoms with Crippen LogP contribution in [0, 0.1) is 0 Å². The van der Waals surface area contributed by atoms with Crippen LogP contribution in [0.15, 0.2) is 182 Å². The first kappa shape index (κ1) is 28.2. The lowest BCUT2D eigenvalue weighted by molar-refractivity contribution is 0.794. The van der Waals surface area contributed by atoms with Gasteiger partial charge < -0.3 is 0 Å². The molecule has 0 radical (unpaired) electrons. The van der Waals surface area contributed by atoms with E-state index in [1.165, 1.54) is 60.8 Å². The molecule has 0 saturated heterocycles. The summed E-state index contributed by atoms with van der Waals surface area (Å²) >= 11 is 0. The maximum Gasteiger partial charge on any atom is 0.0795 e. The summed E-state index contributed by atoms with van der Waals surface area (Å²) in [5, 5.41) is 3.67. The first-order valence-corrected chi connectivity index (χ1v) is 17.6. The molecule has 2 aromatic heterocycles. The Balaban J connectivity index is 1.23. The quantitative estimate of drug-likeness (QED) is 0.191. The molecule has 0 aliphatic heterocycles. The molecule has 2 nitrogen and oxygen atoms in total. The topological polar surface area (TPSA) is 25.8 Å². The van der Waals surface area contributed by atoms with E-state index < -0.39 is 5.41 Å². The van der Waals surface area contributed by atoms with Gasteiger partial charge in [-0.3, -0.25) is 4.98 Å². The molecule has 2 heterocycles. The number of fused-ring (bicyclic) bond motifs is 13. The fourth-order valence-corrected chi connectivity index (χ4v) is 9.09. The van der Waals surface area contributed by atoms with E-state index in [1.54, 1.807) is 0 Å². The first-order chi connectivity index (χ1) is 25.3. The normalized spacial score (nSPS) is 15.1. The number of hydrogen-bond donors (Lipinski definition) is 0. The molecule has 11 rings (SSSR count). The van der Waals surface area contributed by atoms with Gasteiger partial charge in [-0.25, -0.2) is 4.98 Å². The number of benzene rings is 7. The summed E-state index contributed by atoms with van der Waals surface area (Å²) in [6.45, 7) is 0. The van der Waals surface area contributed by atoms with E-state index in [9.17, 15) is 0 Å². The molecule has 7 aromatic carbocycles. The summed E-state index contributed by atoms with van der Waals surface area (Å²) < 4.78 is 0. The van der Waals surface area contributed by atoms with Gasteiger partial charge in [-0.15, -0.1) is 0 Å². The van der Waals surface area contributed by atoms with Crippen LogP contribution in [-0.2, 0) is 5.41 Å². The van der Waals surface area contributed by atoms with Crippen LogP contribution < -0.4 is 0 Å². The van der Waals surface area contributed by atoms with Gasteiger partial charge in [-0.1, -0.05) is 158 Å². The molecule has 1 spiro atoms. The average molecular weight is 647 g/mol. The minimum absolute atomic E-state index is 0.435. The van der Waals surface area contributed by atoms with Gasteiger partial charge in [-0.05, 0) is 84.6 Å². The fraction of sp³-hybridized carbons (Fsp3) is 0.0204. The van der Waals surface area contributed by atoms with Crippen molar-refractivity contribution in [3.8, 4) is 55.9 Å². The summed E-state index contributed by atoms with van der Waals surface area (Å²) in [5.41, 5.74) is 17.4. The third kappa shape index (κ3) is 3.87. The zero-order chi connectivity index (χ0) is 33.5. The fourth-order valence-electron chi connectivity index (χ4n) is 9.09. The Hall–Kier alpha value is -6.64. The molecule has 0 amide bonds. The second kappa shape index (κ2) is 10.7. The van der Waals surface area contributed by atoms with Crippen LogP contribution in [0.25, 0.3) is 77.6 Å². The summed E-state index contributed by atoms with van der Waals surface area (Å²) in [4.78, 5) is 10.1. The van der Waals surface area contributed by atoms with Crippen LogP contribution in [0.5, 0.6) is 0 Å². The van der Waals surface area contributed by atoms with E-state index in [0.717, 1.165) is 39.0 Å². The van der Waals surface area contributed by atoms with Crippen LogP contribution in [0.3, 0.4) is 0 Å². The van der Waals surface area contributed by atoms with Gasteiger partial charge in [0.05, 0.1) is 22.3 Å². The number of aromatic nitrogens is 2. The van der Waals surface area contributed by atoms with Gasteiger partial charge in [0.15, 0.2) is 0 Å². The number of hydrogen-bond acceptors (Lipinski definition) is 2. The maximum absolute atomic E-state index is 5.31. The Morgan fingerprint density at radius 2 is 0.980 bits per heavy atom. The van der Waals surface area contributed by atoms with E-state index in [4.69, 9.17) is 9.97 Å².